The van der Waals surface area contributed by atoms with Gasteiger partial charge < -0.3 is 14.4 Å². The minimum atomic E-state index is -0.520. The van der Waals surface area contributed by atoms with E-state index in [1.165, 1.54) is 4.57 Å². The van der Waals surface area contributed by atoms with Crippen LogP contribution in [0.4, 0.5) is 4.79 Å². The number of nitrogens with zero attached hydrogens (tertiary/aromatic N) is 2. The van der Waals surface area contributed by atoms with Crippen molar-refractivity contribution in [3.8, 4) is 5.75 Å². The number of carbonyl (C=O) groups excluding carboxylic acids is 1. The van der Waals surface area contributed by atoms with Crippen molar-refractivity contribution in [2.45, 2.75) is 26.4 Å². The molecule has 5 nitrogen and oxygen atoms in total. The third-order valence-electron chi connectivity index (χ3n) is 3.08. The summed E-state index contributed by atoms with van der Waals surface area (Å²) in [5.74, 6) is 0.779. The average Bonchev–Trinajstić information content (AvgIpc) is 2.81. The summed E-state index contributed by atoms with van der Waals surface area (Å²) in [6, 6.07) is 7.56. The van der Waals surface area contributed by atoms with Gasteiger partial charge in [0.25, 0.3) is 0 Å². The van der Waals surface area contributed by atoms with Crippen molar-refractivity contribution in [1.29, 1.82) is 0 Å². The number of fused-ring (bicyclic) bond motifs is 1. The van der Waals surface area contributed by atoms with E-state index in [9.17, 15) is 4.79 Å². The summed E-state index contributed by atoms with van der Waals surface area (Å²) in [6.45, 7) is 7.00. The van der Waals surface area contributed by atoms with Gasteiger partial charge in [-0.15, -0.1) is 0 Å². The van der Waals surface area contributed by atoms with Gasteiger partial charge in [-0.2, -0.15) is 0 Å². The zero-order valence-electron chi connectivity index (χ0n) is 13.9. The Bertz CT molecular complexity index is 653. The molecular formula is C17H24N2O3. The Morgan fingerprint density at radius 2 is 1.95 bits per heavy atom. The number of likely N-dealkylation sites (N-methyl/N-ethyl adjacent to an activating group) is 1. The number of carbonyl (C=O) groups is 1. The molecule has 0 atom stereocenters. The van der Waals surface area contributed by atoms with E-state index < -0.39 is 5.60 Å². The van der Waals surface area contributed by atoms with Gasteiger partial charge in [-0.05, 0) is 53.1 Å². The Hall–Kier alpha value is -2.01. The first-order valence-electron chi connectivity index (χ1n) is 7.39. The zero-order valence-corrected chi connectivity index (χ0v) is 13.9. The van der Waals surface area contributed by atoms with Crippen LogP contribution in [0.25, 0.3) is 10.9 Å². The second-order valence-corrected chi connectivity index (χ2v) is 6.51. The van der Waals surface area contributed by atoms with Crippen molar-refractivity contribution in [2.24, 2.45) is 0 Å². The van der Waals surface area contributed by atoms with Crippen LogP contribution in [0.3, 0.4) is 0 Å². The maximum Gasteiger partial charge on any atom is 0.418 e. The summed E-state index contributed by atoms with van der Waals surface area (Å²) >= 11 is 0. The van der Waals surface area contributed by atoms with Crippen molar-refractivity contribution in [2.75, 3.05) is 27.2 Å². The molecule has 0 spiro atoms. The van der Waals surface area contributed by atoms with Gasteiger partial charge in [0.05, 0.1) is 5.52 Å². The summed E-state index contributed by atoms with van der Waals surface area (Å²) < 4.78 is 12.7. The zero-order chi connectivity index (χ0) is 16.3. The lowest BCUT2D eigenvalue weighted by Gasteiger charge is -2.19. The van der Waals surface area contributed by atoms with Crippen molar-refractivity contribution >= 4 is 17.0 Å². The predicted molar refractivity (Wildman–Crippen MR) is 87.6 cm³/mol. The van der Waals surface area contributed by atoms with Gasteiger partial charge in [-0.25, -0.2) is 4.79 Å². The maximum absolute atomic E-state index is 12.2. The first kappa shape index (κ1) is 16.4. The van der Waals surface area contributed by atoms with Crippen molar-refractivity contribution in [3.63, 3.8) is 0 Å². The largest absolute Gasteiger partial charge is 0.492 e. The average molecular weight is 304 g/mol. The van der Waals surface area contributed by atoms with Gasteiger partial charge in [-0.1, -0.05) is 6.07 Å². The number of ether oxygens (including phenoxy) is 2. The molecule has 0 bridgehead atoms. The van der Waals surface area contributed by atoms with E-state index in [0.717, 1.165) is 23.2 Å². The Balaban J connectivity index is 2.23. The molecule has 0 unspecified atom stereocenters. The molecular weight excluding hydrogens is 280 g/mol. The number of rotatable bonds is 4. The minimum absolute atomic E-state index is 0.382. The third kappa shape index (κ3) is 4.01. The SMILES string of the molecule is CN(C)CCOc1cccc2c1ccn2C(=O)OC(C)(C)C. The van der Waals surface area contributed by atoms with Crippen LogP contribution in [0.2, 0.25) is 0 Å². The molecule has 0 fully saturated rings. The van der Waals surface area contributed by atoms with E-state index >= 15 is 0 Å². The fourth-order valence-corrected chi connectivity index (χ4v) is 2.07. The molecule has 0 radical (unpaired) electrons. The topological polar surface area (TPSA) is 43.7 Å². The molecule has 120 valence electrons. The smallest absolute Gasteiger partial charge is 0.418 e. The molecule has 0 saturated carbocycles. The van der Waals surface area contributed by atoms with Crippen molar-refractivity contribution in [1.82, 2.24) is 9.47 Å². The molecule has 0 aliphatic heterocycles. The monoisotopic (exact) mass is 304 g/mol. The van der Waals surface area contributed by atoms with Crippen molar-refractivity contribution < 1.29 is 14.3 Å². The summed E-state index contributed by atoms with van der Waals surface area (Å²) in [6.07, 6.45) is 1.34. The fourth-order valence-electron chi connectivity index (χ4n) is 2.07. The molecule has 22 heavy (non-hydrogen) atoms. The minimum Gasteiger partial charge on any atom is -0.492 e. The van der Waals surface area contributed by atoms with Crippen LogP contribution in [0.15, 0.2) is 30.5 Å². The lowest BCUT2D eigenvalue weighted by atomic mass is 10.2. The van der Waals surface area contributed by atoms with Gasteiger partial charge in [0.15, 0.2) is 0 Å². The number of hydrogen-bond donors (Lipinski definition) is 0. The van der Waals surface area contributed by atoms with E-state index in [1.807, 2.05) is 59.1 Å². The lowest BCUT2D eigenvalue weighted by molar-refractivity contribution is 0.0544. The van der Waals surface area contributed by atoms with E-state index in [1.54, 1.807) is 6.20 Å². The highest BCUT2D eigenvalue weighted by molar-refractivity contribution is 5.93. The fraction of sp³-hybridized carbons (Fsp3) is 0.471. The molecule has 0 aliphatic carbocycles. The normalized spacial score (nSPS) is 11.9. The summed E-state index contributed by atoms with van der Waals surface area (Å²) in [5, 5.41) is 0.909. The predicted octanol–water partition coefficient (Wildman–Crippen LogP) is 3.36. The lowest BCUT2D eigenvalue weighted by Crippen LogP contribution is -2.26. The Labute approximate surface area is 131 Å². The highest BCUT2D eigenvalue weighted by Crippen LogP contribution is 2.27. The molecule has 1 heterocycles. The first-order chi connectivity index (χ1) is 10.3. The van der Waals surface area contributed by atoms with Gasteiger partial charge in [0.1, 0.15) is 18.0 Å². The van der Waals surface area contributed by atoms with E-state index in [-0.39, 0.29) is 6.09 Å². The van der Waals surface area contributed by atoms with Crippen LogP contribution in [0, 0.1) is 0 Å². The first-order valence-corrected chi connectivity index (χ1v) is 7.39. The molecule has 5 heteroatoms. The molecule has 0 N–H and O–H groups in total. The highest BCUT2D eigenvalue weighted by Gasteiger charge is 2.19. The second kappa shape index (κ2) is 6.40. The van der Waals surface area contributed by atoms with E-state index in [4.69, 9.17) is 9.47 Å². The molecule has 2 rings (SSSR count). The maximum atomic E-state index is 12.2. The standard InChI is InChI=1S/C17H24N2O3/c1-17(2,3)22-16(20)19-10-9-13-14(19)7-6-8-15(13)21-12-11-18(4)5/h6-10H,11-12H2,1-5H3. The third-order valence-corrected chi connectivity index (χ3v) is 3.08. The van der Waals surface area contributed by atoms with Crippen LogP contribution in [0.1, 0.15) is 20.8 Å². The van der Waals surface area contributed by atoms with Gasteiger partial charge in [-0.3, -0.25) is 4.57 Å². The van der Waals surface area contributed by atoms with Gasteiger partial charge in [0, 0.05) is 18.1 Å². The summed E-state index contributed by atoms with van der Waals surface area (Å²) in [4.78, 5) is 14.3. The highest BCUT2D eigenvalue weighted by atomic mass is 16.6. The molecule has 0 saturated heterocycles. The van der Waals surface area contributed by atoms with Crippen LogP contribution < -0.4 is 4.74 Å². The van der Waals surface area contributed by atoms with Crippen LogP contribution in [0.5, 0.6) is 5.75 Å². The van der Waals surface area contributed by atoms with Crippen molar-refractivity contribution in [3.05, 3.63) is 30.5 Å². The number of hydrogen-bond acceptors (Lipinski definition) is 4. The van der Waals surface area contributed by atoms with Crippen LogP contribution in [-0.2, 0) is 4.74 Å². The van der Waals surface area contributed by atoms with Crippen LogP contribution >= 0.6 is 0 Å². The summed E-state index contributed by atoms with van der Waals surface area (Å²) in [5.41, 5.74) is 0.268. The summed E-state index contributed by atoms with van der Waals surface area (Å²) in [7, 11) is 4.01. The Morgan fingerprint density at radius 3 is 2.59 bits per heavy atom. The quantitative estimate of drug-likeness (QED) is 0.868. The number of benzene rings is 1. The van der Waals surface area contributed by atoms with E-state index in [0.29, 0.717) is 6.61 Å². The van der Waals surface area contributed by atoms with Gasteiger partial charge in [0.2, 0.25) is 0 Å². The van der Waals surface area contributed by atoms with Crippen LogP contribution in [-0.4, -0.2) is 48.4 Å². The second-order valence-electron chi connectivity index (χ2n) is 6.51. The molecule has 1 aromatic heterocycles. The molecule has 2 aromatic rings. The Kier molecular flexibility index (Phi) is 4.76. The number of aromatic nitrogens is 1. The van der Waals surface area contributed by atoms with Gasteiger partial charge >= 0.3 is 6.09 Å². The molecule has 0 aliphatic rings. The molecule has 1 aromatic carbocycles. The Morgan fingerprint density at radius 1 is 1.23 bits per heavy atom. The molecule has 0 amide bonds. The van der Waals surface area contributed by atoms with E-state index in [2.05, 4.69) is 4.90 Å².